The summed E-state index contributed by atoms with van der Waals surface area (Å²) in [5, 5.41) is 0. The Balaban J connectivity index is 4.20. The summed E-state index contributed by atoms with van der Waals surface area (Å²) >= 11 is 0. The van der Waals surface area contributed by atoms with Gasteiger partial charge in [0.15, 0.2) is 6.10 Å². The molecule has 1 atom stereocenters. The molecule has 61 heavy (non-hydrogen) atoms. The fraction of sp³-hybridized carbons (Fsp3) is 0.945. The van der Waals surface area contributed by atoms with Gasteiger partial charge in [0, 0.05) is 19.3 Å². The van der Waals surface area contributed by atoms with Gasteiger partial charge in [-0.25, -0.2) is 0 Å². The van der Waals surface area contributed by atoms with Gasteiger partial charge >= 0.3 is 17.9 Å². The maximum Gasteiger partial charge on any atom is 0.306 e. The van der Waals surface area contributed by atoms with Crippen molar-refractivity contribution in [1.29, 1.82) is 0 Å². The highest BCUT2D eigenvalue weighted by Gasteiger charge is 2.19. The van der Waals surface area contributed by atoms with Crippen LogP contribution >= 0.6 is 0 Å². The average Bonchev–Trinajstić information content (AvgIpc) is 3.23. The Morgan fingerprint density at radius 1 is 0.311 bits per heavy atom. The zero-order chi connectivity index (χ0) is 44.7. The van der Waals surface area contributed by atoms with Gasteiger partial charge in [0.05, 0.1) is 0 Å². The molecule has 0 heterocycles. The number of hydrogen-bond acceptors (Lipinski definition) is 6. The number of esters is 3. The third kappa shape index (κ3) is 49.3. The molecule has 0 radical (unpaired) electrons. The Kier molecular flexibility index (Phi) is 46.6. The fourth-order valence-corrected chi connectivity index (χ4v) is 8.34. The molecule has 0 unspecified atom stereocenters. The summed E-state index contributed by atoms with van der Waals surface area (Å²) in [6.07, 6.45) is 49.7. The van der Waals surface area contributed by atoms with Crippen molar-refractivity contribution in [2.24, 2.45) is 11.8 Å². The van der Waals surface area contributed by atoms with Gasteiger partial charge in [-0.3, -0.25) is 14.4 Å². The van der Waals surface area contributed by atoms with Crippen LogP contribution in [-0.4, -0.2) is 37.2 Å². The highest BCUT2D eigenvalue weighted by Crippen LogP contribution is 2.18. The first kappa shape index (κ1) is 59.4. The van der Waals surface area contributed by atoms with Crippen LogP contribution in [0.15, 0.2) is 0 Å². The van der Waals surface area contributed by atoms with Crippen LogP contribution in [0.1, 0.15) is 304 Å². The predicted octanol–water partition coefficient (Wildman–Crippen LogP) is 17.7. The van der Waals surface area contributed by atoms with E-state index in [1.54, 1.807) is 0 Å². The molecule has 0 aliphatic carbocycles. The lowest BCUT2D eigenvalue weighted by Crippen LogP contribution is -2.30. The third-order valence-corrected chi connectivity index (χ3v) is 12.5. The first-order valence-electron chi connectivity index (χ1n) is 27.2. The molecule has 0 aliphatic rings. The summed E-state index contributed by atoms with van der Waals surface area (Å²) in [4.78, 5) is 37.9. The summed E-state index contributed by atoms with van der Waals surface area (Å²) in [6, 6.07) is 0. The molecule has 0 bridgehead atoms. The SMILES string of the molecule is CCCCCCCCCCCCCCCCCC(=O)OC[C@@H](COC(=O)CCCCCCCCCCCCCCCCCCC(C)C)OC(=O)CCCCCCCCC(C)C. The summed E-state index contributed by atoms with van der Waals surface area (Å²) in [5.74, 6) is 0.762. The number of carbonyl (C=O) groups excluding carboxylic acids is 3. The van der Waals surface area contributed by atoms with Gasteiger partial charge in [-0.2, -0.15) is 0 Å². The third-order valence-electron chi connectivity index (χ3n) is 12.5. The maximum absolute atomic E-state index is 12.7. The van der Waals surface area contributed by atoms with Gasteiger partial charge in [-0.15, -0.1) is 0 Å². The number of rotatable bonds is 49. The molecule has 0 aromatic heterocycles. The molecule has 0 N–H and O–H groups in total. The first-order valence-corrected chi connectivity index (χ1v) is 27.2. The van der Waals surface area contributed by atoms with E-state index >= 15 is 0 Å². The van der Waals surface area contributed by atoms with Crippen molar-refractivity contribution < 1.29 is 28.6 Å². The maximum atomic E-state index is 12.7. The summed E-state index contributed by atoms with van der Waals surface area (Å²) < 4.78 is 16.8. The molecular formula is C55H106O6. The quantitative estimate of drug-likeness (QED) is 0.0344. The van der Waals surface area contributed by atoms with Crippen molar-refractivity contribution in [3.63, 3.8) is 0 Å². The van der Waals surface area contributed by atoms with E-state index in [-0.39, 0.29) is 31.1 Å². The number of unbranched alkanes of at least 4 members (excludes halogenated alkanes) is 34. The van der Waals surface area contributed by atoms with E-state index in [4.69, 9.17) is 14.2 Å². The van der Waals surface area contributed by atoms with E-state index in [2.05, 4.69) is 34.6 Å². The zero-order valence-electron chi connectivity index (χ0n) is 41.8. The molecule has 0 aliphatic heterocycles. The molecule has 0 fully saturated rings. The second-order valence-electron chi connectivity index (χ2n) is 19.8. The lowest BCUT2D eigenvalue weighted by atomic mass is 10.0. The van der Waals surface area contributed by atoms with Gasteiger partial charge in [0.2, 0.25) is 0 Å². The minimum absolute atomic E-state index is 0.0644. The van der Waals surface area contributed by atoms with Gasteiger partial charge < -0.3 is 14.2 Å². The molecule has 0 saturated carbocycles. The average molecular weight is 863 g/mol. The van der Waals surface area contributed by atoms with E-state index in [1.807, 2.05) is 0 Å². The van der Waals surface area contributed by atoms with E-state index in [0.717, 1.165) is 69.6 Å². The largest absolute Gasteiger partial charge is 0.462 e. The van der Waals surface area contributed by atoms with Crippen molar-refractivity contribution in [3.05, 3.63) is 0 Å². The second kappa shape index (κ2) is 47.9. The van der Waals surface area contributed by atoms with Crippen molar-refractivity contribution in [2.75, 3.05) is 13.2 Å². The lowest BCUT2D eigenvalue weighted by Gasteiger charge is -2.18. The van der Waals surface area contributed by atoms with E-state index in [1.165, 1.54) is 193 Å². The van der Waals surface area contributed by atoms with Gasteiger partial charge in [0.1, 0.15) is 13.2 Å². The standard InChI is InChI=1S/C55H106O6/c1-6-7-8-9-10-11-12-13-16-20-23-26-29-35-40-45-53(56)59-48-52(61-55(58)47-42-37-32-31-34-39-44-51(4)5)49-60-54(57)46-41-36-30-27-24-21-18-15-14-17-19-22-25-28-33-38-43-50(2)3/h50-52H,6-49H2,1-5H3/t52-/m0/s1. The predicted molar refractivity (Wildman–Crippen MR) is 261 cm³/mol. The van der Waals surface area contributed by atoms with Gasteiger partial charge in [-0.05, 0) is 31.1 Å². The smallest absolute Gasteiger partial charge is 0.306 e. The van der Waals surface area contributed by atoms with Crippen LogP contribution in [0.5, 0.6) is 0 Å². The van der Waals surface area contributed by atoms with Crippen LogP contribution in [-0.2, 0) is 28.6 Å². The van der Waals surface area contributed by atoms with Crippen LogP contribution in [0.2, 0.25) is 0 Å². The minimum atomic E-state index is -0.762. The lowest BCUT2D eigenvalue weighted by molar-refractivity contribution is -0.167. The minimum Gasteiger partial charge on any atom is -0.462 e. The molecule has 6 heteroatoms. The summed E-state index contributed by atoms with van der Waals surface area (Å²) in [7, 11) is 0. The zero-order valence-corrected chi connectivity index (χ0v) is 41.8. The molecule has 0 aromatic carbocycles. The van der Waals surface area contributed by atoms with Crippen LogP contribution in [0, 0.1) is 11.8 Å². The Labute approximate surface area is 380 Å². The monoisotopic (exact) mass is 863 g/mol. The van der Waals surface area contributed by atoms with Crippen molar-refractivity contribution in [1.82, 2.24) is 0 Å². The highest BCUT2D eigenvalue weighted by molar-refractivity contribution is 5.71. The van der Waals surface area contributed by atoms with Crippen molar-refractivity contribution >= 4 is 17.9 Å². The summed E-state index contributed by atoms with van der Waals surface area (Å²) in [5.41, 5.74) is 0. The van der Waals surface area contributed by atoms with Gasteiger partial charge in [0.25, 0.3) is 0 Å². The Bertz CT molecular complexity index is 931. The molecule has 0 aromatic rings. The van der Waals surface area contributed by atoms with E-state index in [0.29, 0.717) is 19.3 Å². The molecule has 362 valence electrons. The van der Waals surface area contributed by atoms with Crippen LogP contribution in [0.3, 0.4) is 0 Å². The number of ether oxygens (including phenoxy) is 3. The van der Waals surface area contributed by atoms with E-state index < -0.39 is 6.10 Å². The van der Waals surface area contributed by atoms with Crippen LogP contribution in [0.4, 0.5) is 0 Å². The molecule has 0 rings (SSSR count). The van der Waals surface area contributed by atoms with Crippen molar-refractivity contribution in [3.8, 4) is 0 Å². The molecule has 6 nitrogen and oxygen atoms in total. The number of hydrogen-bond donors (Lipinski definition) is 0. The van der Waals surface area contributed by atoms with Gasteiger partial charge in [-0.1, -0.05) is 266 Å². The first-order chi connectivity index (χ1) is 29.7. The molecule has 0 saturated heterocycles. The normalized spacial score (nSPS) is 12.0. The Morgan fingerprint density at radius 3 is 0.803 bits per heavy atom. The Hall–Kier alpha value is -1.59. The van der Waals surface area contributed by atoms with Crippen LogP contribution < -0.4 is 0 Å². The van der Waals surface area contributed by atoms with Crippen molar-refractivity contribution in [2.45, 2.75) is 310 Å². The fourth-order valence-electron chi connectivity index (χ4n) is 8.34. The summed E-state index contributed by atoms with van der Waals surface area (Å²) in [6.45, 7) is 11.3. The van der Waals surface area contributed by atoms with E-state index in [9.17, 15) is 14.4 Å². The van der Waals surface area contributed by atoms with Crippen LogP contribution in [0.25, 0.3) is 0 Å². The highest BCUT2D eigenvalue weighted by atomic mass is 16.6. The molecule has 0 amide bonds. The molecule has 0 spiro atoms. The number of carbonyl (C=O) groups is 3. The topological polar surface area (TPSA) is 78.9 Å². The molecular weight excluding hydrogens is 757 g/mol. The Morgan fingerprint density at radius 2 is 0.541 bits per heavy atom. The second-order valence-corrected chi connectivity index (χ2v) is 19.8.